The molecule has 4 nitrogen and oxygen atoms in total. The monoisotopic (exact) mass is 351 g/mol. The number of hydrogen-bond donors (Lipinski definition) is 1. The molecular formula is C23H17N3O. The highest BCUT2D eigenvalue weighted by atomic mass is 16.2. The molecule has 4 rings (SSSR count). The molecule has 1 N–H and O–H groups in total. The van der Waals surface area contributed by atoms with Crippen molar-refractivity contribution in [2.45, 2.75) is 0 Å². The summed E-state index contributed by atoms with van der Waals surface area (Å²) in [6, 6.07) is 23.0. The van der Waals surface area contributed by atoms with Crippen molar-refractivity contribution in [3.63, 3.8) is 0 Å². The number of aryl methyl sites for hydroxylation is 1. The van der Waals surface area contributed by atoms with Crippen LogP contribution in [0.3, 0.4) is 0 Å². The molecule has 0 radical (unpaired) electrons. The van der Waals surface area contributed by atoms with Gasteiger partial charge in [0.25, 0.3) is 5.91 Å². The molecule has 2 aromatic heterocycles. The summed E-state index contributed by atoms with van der Waals surface area (Å²) < 4.78 is 1.88. The second-order valence-electron chi connectivity index (χ2n) is 6.08. The Balaban J connectivity index is 1.83. The predicted molar refractivity (Wildman–Crippen MR) is 108 cm³/mol. The minimum atomic E-state index is -0.232. The number of aromatic nitrogens is 2. The highest BCUT2D eigenvalue weighted by Crippen LogP contribution is 2.25. The van der Waals surface area contributed by atoms with E-state index >= 15 is 0 Å². The zero-order chi connectivity index (χ0) is 18.6. The van der Waals surface area contributed by atoms with Gasteiger partial charge in [-0.15, -0.1) is 0 Å². The van der Waals surface area contributed by atoms with Gasteiger partial charge in [-0.3, -0.25) is 4.79 Å². The Morgan fingerprint density at radius 2 is 1.67 bits per heavy atom. The molecule has 0 saturated heterocycles. The Morgan fingerprint density at radius 3 is 2.44 bits per heavy atom. The summed E-state index contributed by atoms with van der Waals surface area (Å²) in [6.07, 6.45) is 1.65. The Labute approximate surface area is 157 Å². The number of benzene rings is 2. The van der Waals surface area contributed by atoms with E-state index in [1.807, 2.05) is 78.3 Å². The van der Waals surface area contributed by atoms with E-state index in [-0.39, 0.29) is 5.91 Å². The molecule has 0 aliphatic heterocycles. The molecule has 0 atom stereocenters. The topological polar surface area (TPSA) is 46.9 Å². The van der Waals surface area contributed by atoms with E-state index in [0.717, 1.165) is 16.5 Å². The first kappa shape index (κ1) is 16.6. The van der Waals surface area contributed by atoms with Crippen LogP contribution in [0, 0.1) is 11.8 Å². The lowest BCUT2D eigenvalue weighted by atomic mass is 10.1. The fourth-order valence-corrected chi connectivity index (χ4v) is 3.05. The first-order chi connectivity index (χ1) is 13.2. The van der Waals surface area contributed by atoms with Crippen molar-refractivity contribution in [3.8, 4) is 11.8 Å². The zero-order valence-electron chi connectivity index (χ0n) is 14.8. The average molecular weight is 351 g/mol. The van der Waals surface area contributed by atoms with E-state index in [2.05, 4.69) is 22.1 Å². The van der Waals surface area contributed by atoms with Crippen molar-refractivity contribution in [3.05, 3.63) is 95.8 Å². The van der Waals surface area contributed by atoms with Crippen LogP contribution in [-0.4, -0.2) is 15.5 Å². The normalized spacial score (nSPS) is 10.3. The summed E-state index contributed by atoms with van der Waals surface area (Å²) in [5, 5.41) is 3.81. The van der Waals surface area contributed by atoms with Crippen molar-refractivity contribution < 1.29 is 4.79 Å². The lowest BCUT2D eigenvalue weighted by molar-refractivity contribution is 0.101. The van der Waals surface area contributed by atoms with E-state index in [1.165, 1.54) is 0 Å². The van der Waals surface area contributed by atoms with Gasteiger partial charge in [-0.2, -0.15) is 0 Å². The van der Waals surface area contributed by atoms with Crippen LogP contribution in [0.1, 0.15) is 21.6 Å². The van der Waals surface area contributed by atoms with E-state index in [9.17, 15) is 4.79 Å². The summed E-state index contributed by atoms with van der Waals surface area (Å²) in [6.45, 7) is 0. The van der Waals surface area contributed by atoms with Gasteiger partial charge in [0.2, 0.25) is 0 Å². The fraction of sp³-hybridized carbons (Fsp3) is 0.0435. The number of nitrogens with one attached hydrogen (secondary N) is 1. The van der Waals surface area contributed by atoms with Crippen molar-refractivity contribution in [2.24, 2.45) is 7.05 Å². The molecule has 27 heavy (non-hydrogen) atoms. The third-order valence-corrected chi connectivity index (χ3v) is 4.33. The summed E-state index contributed by atoms with van der Waals surface area (Å²) >= 11 is 0. The van der Waals surface area contributed by atoms with Gasteiger partial charge in [-0.25, -0.2) is 4.98 Å². The van der Waals surface area contributed by atoms with Crippen molar-refractivity contribution >= 4 is 22.6 Å². The van der Waals surface area contributed by atoms with Gasteiger partial charge in [0, 0.05) is 29.7 Å². The largest absolute Gasteiger partial charge is 0.339 e. The van der Waals surface area contributed by atoms with Crippen molar-refractivity contribution in [2.75, 3.05) is 5.32 Å². The number of fused-ring (bicyclic) bond motifs is 1. The molecule has 0 saturated carbocycles. The number of hydrogen-bond acceptors (Lipinski definition) is 2. The SMILES string of the molecule is Cn1c(C(=O)Nc2ccccn2)c(C#Cc2ccccc2)c2ccccc21. The molecule has 0 aliphatic carbocycles. The molecule has 4 aromatic rings. The molecule has 130 valence electrons. The van der Waals surface area contributed by atoms with Crippen LogP contribution in [0.2, 0.25) is 0 Å². The zero-order valence-corrected chi connectivity index (χ0v) is 14.8. The maximum atomic E-state index is 13.0. The van der Waals surface area contributed by atoms with Gasteiger partial charge in [0.1, 0.15) is 11.5 Å². The summed E-state index contributed by atoms with van der Waals surface area (Å²) in [7, 11) is 1.88. The smallest absolute Gasteiger partial charge is 0.274 e. The van der Waals surface area contributed by atoms with E-state index in [0.29, 0.717) is 17.1 Å². The Bertz CT molecular complexity index is 1170. The van der Waals surface area contributed by atoms with Gasteiger partial charge in [-0.05, 0) is 30.3 Å². The van der Waals surface area contributed by atoms with Crippen LogP contribution in [0.25, 0.3) is 10.9 Å². The molecule has 4 heteroatoms. The maximum Gasteiger partial charge on any atom is 0.274 e. The minimum absolute atomic E-state index is 0.232. The fourth-order valence-electron chi connectivity index (χ4n) is 3.05. The van der Waals surface area contributed by atoms with Gasteiger partial charge < -0.3 is 9.88 Å². The third kappa shape index (κ3) is 3.31. The number of carbonyl (C=O) groups excluding carboxylic acids is 1. The number of carbonyl (C=O) groups is 1. The predicted octanol–water partition coefficient (Wildman–Crippen LogP) is 4.23. The maximum absolute atomic E-state index is 13.0. The highest BCUT2D eigenvalue weighted by molar-refractivity contribution is 6.09. The quantitative estimate of drug-likeness (QED) is 0.550. The molecule has 1 amide bonds. The Morgan fingerprint density at radius 1 is 0.926 bits per heavy atom. The lowest BCUT2D eigenvalue weighted by Gasteiger charge is -2.06. The molecule has 0 bridgehead atoms. The van der Waals surface area contributed by atoms with E-state index in [1.54, 1.807) is 12.3 Å². The molecule has 0 unspecified atom stereocenters. The molecule has 2 aromatic carbocycles. The van der Waals surface area contributed by atoms with Gasteiger partial charge >= 0.3 is 0 Å². The summed E-state index contributed by atoms with van der Waals surface area (Å²) in [4.78, 5) is 17.2. The first-order valence-corrected chi connectivity index (χ1v) is 8.61. The van der Waals surface area contributed by atoms with Crippen molar-refractivity contribution in [1.29, 1.82) is 0 Å². The minimum Gasteiger partial charge on any atom is -0.339 e. The molecule has 0 spiro atoms. The number of para-hydroxylation sites is 1. The number of amides is 1. The average Bonchev–Trinajstić information content (AvgIpc) is 3.00. The van der Waals surface area contributed by atoms with Crippen LogP contribution in [0.15, 0.2) is 79.0 Å². The summed E-state index contributed by atoms with van der Waals surface area (Å²) in [5.41, 5.74) is 3.10. The number of rotatable bonds is 2. The number of anilines is 1. The lowest BCUT2D eigenvalue weighted by Crippen LogP contribution is -2.17. The molecule has 2 heterocycles. The van der Waals surface area contributed by atoms with Gasteiger partial charge in [0.15, 0.2) is 0 Å². The first-order valence-electron chi connectivity index (χ1n) is 8.61. The highest BCUT2D eigenvalue weighted by Gasteiger charge is 2.20. The Kier molecular flexibility index (Phi) is 4.42. The molecule has 0 aliphatic rings. The van der Waals surface area contributed by atoms with E-state index < -0.39 is 0 Å². The van der Waals surface area contributed by atoms with Crippen LogP contribution >= 0.6 is 0 Å². The molecular weight excluding hydrogens is 334 g/mol. The number of nitrogens with zero attached hydrogens (tertiary/aromatic N) is 2. The van der Waals surface area contributed by atoms with Crippen LogP contribution in [0.4, 0.5) is 5.82 Å². The number of pyridine rings is 1. The summed E-state index contributed by atoms with van der Waals surface area (Å²) in [5.74, 6) is 6.65. The van der Waals surface area contributed by atoms with Crippen molar-refractivity contribution in [1.82, 2.24) is 9.55 Å². The Hall–Kier alpha value is -3.84. The van der Waals surface area contributed by atoms with Crippen LogP contribution < -0.4 is 5.32 Å². The second-order valence-corrected chi connectivity index (χ2v) is 6.08. The van der Waals surface area contributed by atoms with Gasteiger partial charge in [0.05, 0.1) is 5.56 Å². The van der Waals surface area contributed by atoms with Crippen LogP contribution in [-0.2, 0) is 7.05 Å². The standard InChI is InChI=1S/C23H17N3O/c1-26-20-12-6-5-11-18(20)19(15-14-17-9-3-2-4-10-17)22(26)23(27)25-21-13-7-8-16-24-21/h2-13,16H,1H3,(H,24,25,27). The second kappa shape index (κ2) is 7.19. The molecule has 0 fully saturated rings. The third-order valence-electron chi connectivity index (χ3n) is 4.33. The van der Waals surface area contributed by atoms with Gasteiger partial charge in [-0.1, -0.05) is 54.3 Å². The van der Waals surface area contributed by atoms with Crippen LogP contribution in [0.5, 0.6) is 0 Å². The van der Waals surface area contributed by atoms with E-state index in [4.69, 9.17) is 0 Å².